The van der Waals surface area contributed by atoms with Crippen LogP contribution in [0, 0.1) is 17.6 Å². The highest BCUT2D eigenvalue weighted by Gasteiger charge is 2.49. The zero-order valence-electron chi connectivity index (χ0n) is 54.4. The Morgan fingerprint density at radius 2 is 1.30 bits per heavy atom. The van der Waals surface area contributed by atoms with E-state index in [1.54, 1.807) is 31.5 Å². The molecule has 9 rings (SSSR count). The highest BCUT2D eigenvalue weighted by molar-refractivity contribution is 7.98. The van der Waals surface area contributed by atoms with Crippen molar-refractivity contribution in [2.24, 2.45) is 17.4 Å². The zero-order valence-corrected chi connectivity index (χ0v) is 56.1. The number of halogens is 2. The molecule has 8 atom stereocenters. The Morgan fingerprint density at radius 1 is 0.680 bits per heavy atom. The maximum atomic E-state index is 15.2. The van der Waals surface area contributed by atoms with Crippen LogP contribution in [0.25, 0.3) is 21.8 Å². The van der Waals surface area contributed by atoms with Crippen molar-refractivity contribution in [3.05, 3.63) is 137 Å². The first-order valence-electron chi connectivity index (χ1n) is 32.7. The van der Waals surface area contributed by atoms with E-state index in [2.05, 4.69) is 47.2 Å². The second-order valence-electron chi connectivity index (χ2n) is 25.6. The summed E-state index contributed by atoms with van der Waals surface area (Å²) >= 11 is 2.86. The Hall–Kier alpha value is -9.02. The van der Waals surface area contributed by atoms with Gasteiger partial charge in [-0.15, -0.1) is 0 Å². The molecule has 0 radical (unpaired) electrons. The summed E-state index contributed by atoms with van der Waals surface area (Å²) in [6.45, 7) is 5.00. The number of primary amides is 1. The zero-order chi connectivity index (χ0) is 69.5. The summed E-state index contributed by atoms with van der Waals surface area (Å²) in [6, 6.07) is 12.7. The van der Waals surface area contributed by atoms with Crippen LogP contribution < -0.4 is 48.7 Å². The van der Waals surface area contributed by atoms with Crippen molar-refractivity contribution in [2.45, 2.75) is 151 Å². The number of phenolic OH excluding ortho intramolecular Hbond substituents is 1. The van der Waals surface area contributed by atoms with Gasteiger partial charge in [0.05, 0.1) is 6.54 Å². The number of hydrogen-bond donors (Lipinski definition) is 12. The minimum atomic E-state index is -1.54. The number of aromatic nitrogens is 2. The van der Waals surface area contributed by atoms with Crippen LogP contribution in [0.1, 0.15) is 100.0 Å². The number of benzene rings is 4. The number of unbranched alkanes of at least 4 members (excludes halogenated alkanes) is 1. The molecule has 28 heteroatoms. The lowest BCUT2D eigenvalue weighted by atomic mass is 9.95. The fourth-order valence-corrected chi connectivity index (χ4v) is 14.5. The number of carbonyl (C=O) groups is 10. The second kappa shape index (κ2) is 33.3. The number of hydrogen-bond acceptors (Lipinski definition) is 14. The number of carbonyl (C=O) groups excluding carboxylic acids is 10. The molecule has 2 saturated heterocycles. The standard InChI is InChI=1S/C69H85F2N13O11S2/c1-39(2)26-58-65(92)81-56(28-40-11-15-47(85)16-12-40)67(94)84-23-7-21-69(84,3)68(95)82-57(61(73)88)38-97-37-42-9-6-8-41(27-42)36-96-25-20-59(86)77-52(10-4-5-22-72)62(89)76-35-60(87)78-54(29-43-33-74-50-17-13-45(70)31-48(43)50)63(90)80-55(64(91)79-53-19-24-83(58)66(53)93)30-44-34-75-51-18-14-46(71)32-49(44)51/h6,8-9,11-18,27,31-34,39,52-58,74-75,85H,4-5,7,10,19-26,28-30,35-38,72H2,1-3H3,(H2,73,88)(H,76,89)(H,77,86)(H,78,87)(H,79,91)(H,80,90)(H,81,92)(H,82,95)/t52-,53-,54-,55-,56-,57-,58-,69-/m0/s1. The summed E-state index contributed by atoms with van der Waals surface area (Å²) in [5.74, 6) is -7.12. The number of fused-ring (bicyclic) bond motifs is 7. The van der Waals surface area contributed by atoms with E-state index < -0.39 is 125 Å². The summed E-state index contributed by atoms with van der Waals surface area (Å²) in [7, 11) is 0. The summed E-state index contributed by atoms with van der Waals surface area (Å²) in [5.41, 5.74) is 14.4. The predicted octanol–water partition coefficient (Wildman–Crippen LogP) is 3.90. The van der Waals surface area contributed by atoms with Gasteiger partial charge in [0.2, 0.25) is 59.1 Å². The van der Waals surface area contributed by atoms with Gasteiger partial charge in [-0.25, -0.2) is 8.78 Å². The first kappa shape index (κ1) is 72.3. The van der Waals surface area contributed by atoms with Crippen molar-refractivity contribution < 1.29 is 61.8 Å². The molecule has 2 fully saturated rings. The van der Waals surface area contributed by atoms with Crippen molar-refractivity contribution >= 4 is 104 Å². The van der Waals surface area contributed by atoms with Gasteiger partial charge >= 0.3 is 0 Å². The van der Waals surface area contributed by atoms with Gasteiger partial charge in [0, 0.05) is 96.0 Å². The highest BCUT2D eigenvalue weighted by Crippen LogP contribution is 2.32. The van der Waals surface area contributed by atoms with Crippen LogP contribution in [0.15, 0.2) is 97.3 Å². The minimum absolute atomic E-state index is 0.0152. The van der Waals surface area contributed by atoms with Gasteiger partial charge in [-0.05, 0) is 141 Å². The molecule has 0 spiro atoms. The molecule has 0 unspecified atom stereocenters. The molecule has 3 aliphatic rings. The van der Waals surface area contributed by atoms with Gasteiger partial charge in [-0.3, -0.25) is 47.9 Å². The van der Waals surface area contributed by atoms with Crippen molar-refractivity contribution in [3.8, 4) is 5.75 Å². The molecule has 2 aromatic heterocycles. The topological polar surface area (TPSA) is 365 Å². The first-order valence-corrected chi connectivity index (χ1v) is 35.0. The number of nitrogens with zero attached hydrogens (tertiary/aromatic N) is 2. The summed E-state index contributed by atoms with van der Waals surface area (Å²) in [6.07, 6.45) is 4.33. The molecule has 0 saturated carbocycles. The fraction of sp³-hybridized carbons (Fsp3) is 0.449. The molecule has 0 aliphatic carbocycles. The number of aromatic hydroxyl groups is 1. The van der Waals surface area contributed by atoms with Gasteiger partial charge in [0.15, 0.2) is 0 Å². The largest absolute Gasteiger partial charge is 0.508 e. The second-order valence-corrected chi connectivity index (χ2v) is 27.7. The van der Waals surface area contributed by atoms with Crippen molar-refractivity contribution in [2.75, 3.05) is 37.7 Å². The molecule has 14 N–H and O–H groups in total. The van der Waals surface area contributed by atoms with E-state index in [-0.39, 0.29) is 81.9 Å². The van der Waals surface area contributed by atoms with E-state index in [1.807, 2.05) is 38.1 Å². The van der Waals surface area contributed by atoms with E-state index in [0.717, 1.165) is 11.1 Å². The smallest absolute Gasteiger partial charge is 0.246 e. The number of phenols is 1. The summed E-state index contributed by atoms with van der Waals surface area (Å²) in [4.78, 5) is 153. The van der Waals surface area contributed by atoms with E-state index in [0.29, 0.717) is 81.6 Å². The van der Waals surface area contributed by atoms with Gasteiger partial charge in [0.25, 0.3) is 0 Å². The highest BCUT2D eigenvalue weighted by atomic mass is 32.2. The lowest BCUT2D eigenvalue weighted by molar-refractivity contribution is -0.148. The van der Waals surface area contributed by atoms with Crippen molar-refractivity contribution in [3.63, 3.8) is 0 Å². The van der Waals surface area contributed by atoms with Crippen LogP contribution in [0.5, 0.6) is 5.75 Å². The molecular weight excluding hydrogens is 1290 g/mol. The monoisotopic (exact) mass is 1370 g/mol. The van der Waals surface area contributed by atoms with Gasteiger partial charge in [0.1, 0.15) is 65.2 Å². The Morgan fingerprint density at radius 3 is 1.94 bits per heavy atom. The lowest BCUT2D eigenvalue weighted by Crippen LogP contribution is -2.63. The van der Waals surface area contributed by atoms with Gasteiger partial charge in [-0.2, -0.15) is 23.5 Å². The van der Waals surface area contributed by atoms with Crippen molar-refractivity contribution in [1.82, 2.24) is 57.0 Å². The van der Waals surface area contributed by atoms with E-state index in [4.69, 9.17) is 11.5 Å². The van der Waals surface area contributed by atoms with Gasteiger partial charge < -0.3 is 73.6 Å². The van der Waals surface area contributed by atoms with Crippen LogP contribution in [0.2, 0.25) is 0 Å². The van der Waals surface area contributed by atoms with Crippen LogP contribution in [0.3, 0.4) is 0 Å². The van der Waals surface area contributed by atoms with E-state index in [9.17, 15) is 47.4 Å². The molecule has 5 heterocycles. The summed E-state index contributed by atoms with van der Waals surface area (Å²) < 4.78 is 29.7. The molecular formula is C69H85F2N13O11S2. The summed E-state index contributed by atoms with van der Waals surface area (Å²) in [5, 5.41) is 30.3. The normalized spacial score (nSPS) is 23.8. The number of nitrogens with one attached hydrogen (secondary N) is 9. The van der Waals surface area contributed by atoms with Crippen LogP contribution >= 0.6 is 23.5 Å². The third-order valence-corrected chi connectivity index (χ3v) is 20.0. The number of rotatable bonds is 13. The fourth-order valence-electron chi connectivity index (χ4n) is 12.6. The molecule has 4 aromatic carbocycles. The van der Waals surface area contributed by atoms with Crippen LogP contribution in [0.4, 0.5) is 8.78 Å². The van der Waals surface area contributed by atoms with Gasteiger partial charge in [-0.1, -0.05) is 50.2 Å². The first-order chi connectivity index (χ1) is 46.5. The average Bonchev–Trinajstić information content (AvgIpc) is 1.73. The molecule has 3 aliphatic heterocycles. The molecule has 6 aromatic rings. The molecule has 24 nitrogen and oxygen atoms in total. The SMILES string of the molecule is CC(C)C[C@H]1C(=O)N[C@@H](Cc2ccc(O)cc2)C(=O)N2CCC[C@@]2(C)C(=O)N[C@H](C(N)=O)CSCc2cccc(c2)CSCCC(=O)N[C@@H](CCCCN)C(=O)NCC(=O)N[C@@H](Cc2c[nH]c3ccc(F)cc23)C(=O)N[C@@H](Cc2c[nH]c3ccc(F)cc23)C(=O)N[C@H]2CCN1C2=O. The Kier molecular flexibility index (Phi) is 24.8. The lowest BCUT2D eigenvalue weighted by Gasteiger charge is -2.37. The van der Waals surface area contributed by atoms with E-state index in [1.165, 1.54) is 81.9 Å². The number of aromatic amines is 2. The molecule has 10 amide bonds. The molecule has 518 valence electrons. The number of H-pyrrole nitrogens is 2. The van der Waals surface area contributed by atoms with E-state index >= 15 is 14.4 Å². The van der Waals surface area contributed by atoms with Crippen LogP contribution in [-0.4, -0.2) is 169 Å². The minimum Gasteiger partial charge on any atom is -0.508 e. The third kappa shape index (κ3) is 19.0. The molecule has 97 heavy (non-hydrogen) atoms. The third-order valence-electron chi connectivity index (χ3n) is 17.9. The van der Waals surface area contributed by atoms with Crippen molar-refractivity contribution in [1.29, 1.82) is 0 Å². The Bertz CT molecular complexity index is 3870. The van der Waals surface area contributed by atoms with Crippen LogP contribution in [-0.2, 0) is 78.7 Å². The number of thioether (sulfide) groups is 2. The molecule has 4 bridgehead atoms. The number of amides is 10. The quantitative estimate of drug-likeness (QED) is 0.0730. The maximum Gasteiger partial charge on any atom is 0.246 e. The number of nitrogens with two attached hydrogens (primary N) is 2. The Balaban J connectivity index is 1.03. The maximum absolute atomic E-state index is 15.2. The average molecular weight is 1370 g/mol. The predicted molar refractivity (Wildman–Crippen MR) is 365 cm³/mol. The Labute approximate surface area is 568 Å².